The van der Waals surface area contributed by atoms with Crippen LogP contribution in [0, 0.1) is 5.92 Å². The number of nitrogens with one attached hydrogen (secondary N) is 1. The Morgan fingerprint density at radius 2 is 1.83 bits per heavy atom. The van der Waals surface area contributed by atoms with Crippen LogP contribution in [-0.4, -0.2) is 36.5 Å². The van der Waals surface area contributed by atoms with Crippen LogP contribution in [0.15, 0.2) is 0 Å². The Hall–Kier alpha value is -0.570. The van der Waals surface area contributed by atoms with Crippen LogP contribution >= 0.6 is 0 Å². The summed E-state index contributed by atoms with van der Waals surface area (Å²) in [5, 5.41) is 3.24. The molecule has 1 aliphatic carbocycles. The minimum atomic E-state index is 0.246. The molecule has 1 N–H and O–H groups in total. The predicted octanol–water partition coefficient (Wildman–Crippen LogP) is 2.56. The molecule has 0 unspecified atom stereocenters. The van der Waals surface area contributed by atoms with Crippen molar-refractivity contribution in [3.8, 4) is 0 Å². The number of carbonyl (C=O) groups is 1. The molecule has 0 bridgehead atoms. The lowest BCUT2D eigenvalue weighted by atomic mass is 10.0. The molecule has 2 aliphatic rings. The number of carbonyl (C=O) groups excluding carboxylic acids is 1. The van der Waals surface area contributed by atoms with Crippen molar-refractivity contribution < 1.29 is 4.79 Å². The van der Waals surface area contributed by atoms with Crippen LogP contribution in [0.25, 0.3) is 0 Å². The summed E-state index contributed by atoms with van der Waals surface area (Å²) in [6.07, 6.45) is 10.2. The fraction of sp³-hybridized carbons (Fsp3) is 0.933. The number of piperidine rings is 1. The zero-order chi connectivity index (χ0) is 12.8. The third-order valence-corrected chi connectivity index (χ3v) is 4.33. The molecule has 1 amide bonds. The maximum atomic E-state index is 12.0. The van der Waals surface area contributed by atoms with Gasteiger partial charge < -0.3 is 5.32 Å². The van der Waals surface area contributed by atoms with E-state index in [9.17, 15) is 4.79 Å². The van der Waals surface area contributed by atoms with Crippen LogP contribution in [0.3, 0.4) is 0 Å². The SMILES string of the molecule is C[C@H]1CCCN(CC(=O)NC2CCCCCC2)C1. The lowest BCUT2D eigenvalue weighted by Crippen LogP contribution is -2.44. The van der Waals surface area contributed by atoms with Gasteiger partial charge in [0.1, 0.15) is 0 Å². The van der Waals surface area contributed by atoms with Gasteiger partial charge in [-0.2, -0.15) is 0 Å². The van der Waals surface area contributed by atoms with E-state index in [0.29, 0.717) is 12.6 Å². The number of amides is 1. The molecule has 2 rings (SSSR count). The van der Waals surface area contributed by atoms with Crippen LogP contribution in [-0.2, 0) is 4.79 Å². The Kier molecular flexibility index (Phi) is 5.48. The Balaban J connectivity index is 1.70. The van der Waals surface area contributed by atoms with Crippen LogP contribution < -0.4 is 5.32 Å². The molecule has 18 heavy (non-hydrogen) atoms. The average molecular weight is 252 g/mol. The molecule has 1 aliphatic heterocycles. The van der Waals surface area contributed by atoms with E-state index in [1.54, 1.807) is 0 Å². The minimum Gasteiger partial charge on any atom is -0.352 e. The van der Waals surface area contributed by atoms with Crippen molar-refractivity contribution in [2.45, 2.75) is 64.3 Å². The Labute approximate surface area is 111 Å². The number of likely N-dealkylation sites (tertiary alicyclic amines) is 1. The van der Waals surface area contributed by atoms with Gasteiger partial charge in [-0.1, -0.05) is 32.6 Å². The summed E-state index contributed by atoms with van der Waals surface area (Å²) in [5.74, 6) is 1.00. The van der Waals surface area contributed by atoms with Crippen molar-refractivity contribution >= 4 is 5.91 Å². The molecular formula is C15H28N2O. The van der Waals surface area contributed by atoms with E-state index in [4.69, 9.17) is 0 Å². The first-order valence-electron chi connectivity index (χ1n) is 7.76. The second kappa shape index (κ2) is 7.13. The highest BCUT2D eigenvalue weighted by molar-refractivity contribution is 5.78. The van der Waals surface area contributed by atoms with Crippen molar-refractivity contribution in [1.29, 1.82) is 0 Å². The van der Waals surface area contributed by atoms with Gasteiger partial charge in [-0.25, -0.2) is 0 Å². The van der Waals surface area contributed by atoms with Crippen molar-refractivity contribution in [2.75, 3.05) is 19.6 Å². The van der Waals surface area contributed by atoms with Crippen LogP contribution in [0.2, 0.25) is 0 Å². The van der Waals surface area contributed by atoms with Crippen molar-refractivity contribution in [3.05, 3.63) is 0 Å². The van der Waals surface area contributed by atoms with Gasteiger partial charge in [-0.05, 0) is 38.1 Å². The molecule has 3 heteroatoms. The van der Waals surface area contributed by atoms with Crippen LogP contribution in [0.4, 0.5) is 0 Å². The van der Waals surface area contributed by atoms with E-state index in [1.165, 1.54) is 51.4 Å². The summed E-state index contributed by atoms with van der Waals surface area (Å²) in [6.45, 7) is 5.09. The average Bonchev–Trinajstić information content (AvgIpc) is 2.57. The summed E-state index contributed by atoms with van der Waals surface area (Å²) >= 11 is 0. The van der Waals surface area contributed by atoms with Gasteiger partial charge >= 0.3 is 0 Å². The van der Waals surface area contributed by atoms with E-state index in [0.717, 1.165) is 19.0 Å². The first-order chi connectivity index (χ1) is 8.74. The second-order valence-corrected chi connectivity index (χ2v) is 6.24. The summed E-state index contributed by atoms with van der Waals surface area (Å²) in [7, 11) is 0. The van der Waals surface area contributed by atoms with Crippen molar-refractivity contribution in [3.63, 3.8) is 0 Å². The first-order valence-corrected chi connectivity index (χ1v) is 7.76. The smallest absolute Gasteiger partial charge is 0.234 e. The zero-order valence-electron chi connectivity index (χ0n) is 11.8. The monoisotopic (exact) mass is 252 g/mol. The van der Waals surface area contributed by atoms with Gasteiger partial charge in [0.2, 0.25) is 5.91 Å². The maximum Gasteiger partial charge on any atom is 0.234 e. The highest BCUT2D eigenvalue weighted by Gasteiger charge is 2.20. The number of hydrogen-bond donors (Lipinski definition) is 1. The van der Waals surface area contributed by atoms with Gasteiger partial charge in [0, 0.05) is 12.6 Å². The molecule has 0 spiro atoms. The van der Waals surface area contributed by atoms with E-state index in [2.05, 4.69) is 17.1 Å². The number of nitrogens with zero attached hydrogens (tertiary/aromatic N) is 1. The van der Waals surface area contributed by atoms with E-state index >= 15 is 0 Å². The molecule has 1 atom stereocenters. The second-order valence-electron chi connectivity index (χ2n) is 6.24. The quantitative estimate of drug-likeness (QED) is 0.783. The van der Waals surface area contributed by atoms with Crippen LogP contribution in [0.1, 0.15) is 58.3 Å². The highest BCUT2D eigenvalue weighted by atomic mass is 16.2. The normalized spacial score (nSPS) is 27.7. The van der Waals surface area contributed by atoms with Crippen molar-refractivity contribution in [2.24, 2.45) is 5.92 Å². The molecule has 104 valence electrons. The van der Waals surface area contributed by atoms with Gasteiger partial charge in [0.15, 0.2) is 0 Å². The molecular weight excluding hydrogens is 224 g/mol. The van der Waals surface area contributed by atoms with E-state index in [1.807, 2.05) is 0 Å². The maximum absolute atomic E-state index is 12.0. The van der Waals surface area contributed by atoms with Crippen molar-refractivity contribution in [1.82, 2.24) is 10.2 Å². The third-order valence-electron chi connectivity index (χ3n) is 4.33. The summed E-state index contributed by atoms with van der Waals surface area (Å²) in [6, 6.07) is 0.446. The zero-order valence-corrected chi connectivity index (χ0v) is 11.8. The lowest BCUT2D eigenvalue weighted by molar-refractivity contribution is -0.123. The topological polar surface area (TPSA) is 32.3 Å². The fourth-order valence-electron chi connectivity index (χ4n) is 3.33. The standard InChI is InChI=1S/C15H28N2O/c1-13-7-6-10-17(11-13)12-15(18)16-14-8-4-2-3-5-9-14/h13-14H,2-12H2,1H3,(H,16,18)/t13-/m0/s1. The fourth-order valence-corrected chi connectivity index (χ4v) is 3.33. The minimum absolute atomic E-state index is 0.246. The predicted molar refractivity (Wildman–Crippen MR) is 74.5 cm³/mol. The molecule has 1 saturated heterocycles. The number of rotatable bonds is 3. The summed E-state index contributed by atoms with van der Waals surface area (Å²) in [4.78, 5) is 14.4. The van der Waals surface area contributed by atoms with Gasteiger partial charge in [0.05, 0.1) is 6.54 Å². The summed E-state index contributed by atoms with van der Waals surface area (Å²) in [5.41, 5.74) is 0. The molecule has 3 nitrogen and oxygen atoms in total. The molecule has 1 heterocycles. The molecule has 0 aromatic heterocycles. The third kappa shape index (κ3) is 4.60. The molecule has 1 saturated carbocycles. The Bertz CT molecular complexity index is 253. The molecule has 0 radical (unpaired) electrons. The first kappa shape index (κ1) is 13.9. The largest absolute Gasteiger partial charge is 0.352 e. The van der Waals surface area contributed by atoms with Crippen LogP contribution in [0.5, 0.6) is 0 Å². The molecule has 0 aromatic rings. The Morgan fingerprint density at radius 3 is 2.50 bits per heavy atom. The molecule has 0 aromatic carbocycles. The Morgan fingerprint density at radius 1 is 1.11 bits per heavy atom. The van der Waals surface area contributed by atoms with Gasteiger partial charge in [-0.15, -0.1) is 0 Å². The lowest BCUT2D eigenvalue weighted by Gasteiger charge is -2.30. The van der Waals surface area contributed by atoms with Gasteiger partial charge in [0.25, 0.3) is 0 Å². The van der Waals surface area contributed by atoms with Gasteiger partial charge in [-0.3, -0.25) is 9.69 Å². The van der Waals surface area contributed by atoms with E-state index < -0.39 is 0 Å². The number of hydrogen-bond acceptors (Lipinski definition) is 2. The van der Waals surface area contributed by atoms with E-state index in [-0.39, 0.29) is 5.91 Å². The molecule has 2 fully saturated rings. The highest BCUT2D eigenvalue weighted by Crippen LogP contribution is 2.18. The summed E-state index contributed by atoms with van der Waals surface area (Å²) < 4.78 is 0.